The number of thiazole rings is 2. The van der Waals surface area contributed by atoms with Gasteiger partial charge in [0.05, 0.1) is 85.1 Å². The number of aromatic nitrogens is 8. The fraction of sp³-hybridized carbons (Fsp3) is 0.0870. The van der Waals surface area contributed by atoms with E-state index in [2.05, 4.69) is 53.1 Å². The molecule has 10 rings (SSSR count). The molecule has 0 aliphatic rings. The molecule has 0 aliphatic heterocycles. The molecule has 0 unspecified atom stereocenters. The van der Waals surface area contributed by atoms with Crippen molar-refractivity contribution in [2.75, 3.05) is 12.0 Å². The van der Waals surface area contributed by atoms with Gasteiger partial charge in [-0.2, -0.15) is 36.5 Å². The number of benzene rings is 4. The largest absolute Gasteiger partial charge is 0.493 e. The molecule has 0 bridgehead atoms. The van der Waals surface area contributed by atoms with E-state index in [1.54, 1.807) is 0 Å². The zero-order chi connectivity index (χ0) is 52.5. The number of ether oxygens (including phenoxy) is 1. The summed E-state index contributed by atoms with van der Waals surface area (Å²) in [5.74, 6) is -4.12. The number of methoxy groups -OCH3 is 1. The van der Waals surface area contributed by atoms with Crippen LogP contribution in [0.15, 0.2) is 117 Å². The topological polar surface area (TPSA) is 143 Å². The fourth-order valence-corrected chi connectivity index (χ4v) is 9.20. The molecule has 0 radical (unpaired) electrons. The Morgan fingerprint density at radius 2 is 1.03 bits per heavy atom. The first-order valence-electron chi connectivity index (χ1n) is 20.1. The van der Waals surface area contributed by atoms with Crippen molar-refractivity contribution in [1.82, 2.24) is 39.8 Å². The number of halogens is 13. The molecule has 0 fully saturated rings. The molecule has 376 valence electrons. The normalized spacial score (nSPS) is 11.5. The average molecular weight is 1210 g/mol. The van der Waals surface area contributed by atoms with E-state index < -0.39 is 69.8 Å². The summed E-state index contributed by atoms with van der Waals surface area (Å²) in [4.78, 5) is 10.1. The fourth-order valence-electron chi connectivity index (χ4n) is 7.16. The summed E-state index contributed by atoms with van der Waals surface area (Å²) in [6, 6.07) is 16.7. The molecule has 10 aromatic rings. The van der Waals surface area contributed by atoms with E-state index in [0.29, 0.717) is 9.36 Å². The van der Waals surface area contributed by atoms with Crippen LogP contribution in [0.1, 0.15) is 11.4 Å². The predicted octanol–water partition coefficient (Wildman–Crippen LogP) is 15.3. The zero-order valence-electron chi connectivity index (χ0n) is 36.4. The van der Waals surface area contributed by atoms with Gasteiger partial charge in [0.2, 0.25) is 11.8 Å². The highest BCUT2D eigenvalue weighted by atomic mass is 127. The highest BCUT2D eigenvalue weighted by molar-refractivity contribution is 14.1. The lowest BCUT2D eigenvalue weighted by molar-refractivity contribution is -0.143. The minimum Gasteiger partial charge on any atom is -0.493 e. The molecular weight excluding hydrogens is 1180 g/mol. The van der Waals surface area contributed by atoms with Gasteiger partial charge < -0.3 is 18.9 Å². The van der Waals surface area contributed by atoms with Crippen LogP contribution in [0.25, 0.3) is 77.7 Å². The molecule has 0 amide bonds. The first-order valence-corrected chi connectivity index (χ1v) is 24.7. The Kier molecular flexibility index (Phi) is 15.4. The van der Waals surface area contributed by atoms with Gasteiger partial charge in [0.1, 0.15) is 44.7 Å². The maximum atomic E-state index is 14.8. The van der Waals surface area contributed by atoms with Gasteiger partial charge in [0.15, 0.2) is 22.9 Å². The molecular formula is C46H25Cl2F10IN8O4S2. The monoisotopic (exact) mass is 1200 g/mol. The van der Waals surface area contributed by atoms with E-state index in [-0.39, 0.29) is 76.7 Å². The van der Waals surface area contributed by atoms with E-state index >= 15 is 0 Å². The SMILES string of the molecule is CI.COc1csc(-c2c(-c3c(F)cccc3Cl)noc2-c2cnn(-c3cccc(F)c3)c2C(F)(F)F)n1.Oc1csc(-c2c(-c3c(F)cccc3Cl)noc2-c2cnn(-c3cccc(F)c3)c2C(F)(F)F)n1. The quantitative estimate of drug-likeness (QED) is 0.0843. The van der Waals surface area contributed by atoms with E-state index in [1.807, 2.05) is 4.93 Å². The highest BCUT2D eigenvalue weighted by Crippen LogP contribution is 2.50. The van der Waals surface area contributed by atoms with Crippen LogP contribution in [0.5, 0.6) is 11.8 Å². The van der Waals surface area contributed by atoms with Crippen LogP contribution in [0.4, 0.5) is 43.9 Å². The van der Waals surface area contributed by atoms with Crippen LogP contribution in [-0.4, -0.2) is 57.0 Å². The molecule has 27 heteroatoms. The van der Waals surface area contributed by atoms with Gasteiger partial charge in [0, 0.05) is 0 Å². The predicted molar refractivity (Wildman–Crippen MR) is 259 cm³/mol. The Hall–Kier alpha value is -6.81. The molecule has 0 aliphatic carbocycles. The van der Waals surface area contributed by atoms with Crippen LogP contribution in [0.3, 0.4) is 0 Å². The van der Waals surface area contributed by atoms with Gasteiger partial charge in [-0.25, -0.2) is 36.9 Å². The number of aromatic hydroxyl groups is 1. The van der Waals surface area contributed by atoms with Crippen molar-refractivity contribution >= 4 is 68.5 Å². The number of alkyl halides is 7. The summed E-state index contributed by atoms with van der Waals surface area (Å²) in [7, 11) is 1.37. The average Bonchev–Trinajstić information content (AvgIpc) is 4.21. The molecule has 4 aromatic carbocycles. The van der Waals surface area contributed by atoms with Crippen molar-refractivity contribution in [3.8, 4) is 89.4 Å². The Bertz CT molecular complexity index is 3570. The second-order valence-corrected chi connectivity index (χ2v) is 17.0. The van der Waals surface area contributed by atoms with Crippen LogP contribution in [0.2, 0.25) is 10.0 Å². The highest BCUT2D eigenvalue weighted by Gasteiger charge is 2.43. The molecule has 6 heterocycles. The first-order chi connectivity index (χ1) is 34.8. The van der Waals surface area contributed by atoms with E-state index in [0.717, 1.165) is 71.5 Å². The van der Waals surface area contributed by atoms with Crippen molar-refractivity contribution in [1.29, 1.82) is 0 Å². The molecule has 0 atom stereocenters. The van der Waals surface area contributed by atoms with Gasteiger partial charge >= 0.3 is 12.4 Å². The van der Waals surface area contributed by atoms with E-state index in [1.165, 1.54) is 66.4 Å². The number of nitrogens with zero attached hydrogens (tertiary/aromatic N) is 8. The lowest BCUT2D eigenvalue weighted by atomic mass is 10.0. The minimum atomic E-state index is -4.97. The molecule has 12 nitrogen and oxygen atoms in total. The lowest BCUT2D eigenvalue weighted by Crippen LogP contribution is -2.14. The smallest absolute Gasteiger partial charge is 0.434 e. The molecule has 1 N–H and O–H groups in total. The summed E-state index contributed by atoms with van der Waals surface area (Å²) in [5, 5.41) is 27.9. The Morgan fingerprint density at radius 3 is 1.40 bits per heavy atom. The van der Waals surface area contributed by atoms with Crippen molar-refractivity contribution in [2.24, 2.45) is 0 Å². The maximum absolute atomic E-state index is 14.8. The summed E-state index contributed by atoms with van der Waals surface area (Å²) in [5.41, 5.74) is -4.90. The Labute approximate surface area is 435 Å². The number of hydrogen-bond acceptors (Lipinski definition) is 12. The lowest BCUT2D eigenvalue weighted by Gasteiger charge is -2.12. The first kappa shape index (κ1) is 52.5. The van der Waals surface area contributed by atoms with Gasteiger partial charge in [-0.3, -0.25) is 0 Å². The van der Waals surface area contributed by atoms with Crippen molar-refractivity contribution < 1.29 is 62.8 Å². The third-order valence-electron chi connectivity index (χ3n) is 10.1. The van der Waals surface area contributed by atoms with Crippen LogP contribution in [0, 0.1) is 23.3 Å². The molecule has 6 aromatic heterocycles. The molecule has 0 spiro atoms. The third-order valence-corrected chi connectivity index (χ3v) is 12.4. The van der Waals surface area contributed by atoms with Crippen LogP contribution >= 0.6 is 68.5 Å². The molecule has 73 heavy (non-hydrogen) atoms. The third kappa shape index (κ3) is 10.5. The van der Waals surface area contributed by atoms with E-state index in [4.69, 9.17) is 37.0 Å². The van der Waals surface area contributed by atoms with Gasteiger partial charge in [0.25, 0.3) is 0 Å². The Morgan fingerprint density at radius 1 is 0.603 bits per heavy atom. The zero-order valence-corrected chi connectivity index (χ0v) is 41.7. The van der Waals surface area contributed by atoms with Gasteiger partial charge in [-0.15, -0.1) is 22.7 Å². The summed E-state index contributed by atoms with van der Waals surface area (Å²) in [6.45, 7) is 0. The molecule has 0 saturated carbocycles. The van der Waals surface area contributed by atoms with E-state index in [9.17, 15) is 49.0 Å². The van der Waals surface area contributed by atoms with Crippen molar-refractivity contribution in [2.45, 2.75) is 12.4 Å². The van der Waals surface area contributed by atoms with Crippen molar-refractivity contribution in [3.63, 3.8) is 0 Å². The summed E-state index contributed by atoms with van der Waals surface area (Å²) >= 11 is 16.4. The summed E-state index contributed by atoms with van der Waals surface area (Å²) in [6.07, 6.45) is -8.13. The Balaban J connectivity index is 0.000000189. The second-order valence-electron chi connectivity index (χ2n) is 14.5. The van der Waals surface area contributed by atoms with Gasteiger partial charge in [-0.1, -0.05) is 80.4 Å². The van der Waals surface area contributed by atoms with Crippen LogP contribution < -0.4 is 4.74 Å². The summed E-state index contributed by atoms with van der Waals surface area (Å²) < 4.78 is 160. The second kappa shape index (κ2) is 21.3. The van der Waals surface area contributed by atoms with Crippen molar-refractivity contribution in [3.05, 3.63) is 153 Å². The van der Waals surface area contributed by atoms with Crippen LogP contribution in [-0.2, 0) is 12.4 Å². The minimum absolute atomic E-state index is 0.000278. The standard InChI is InChI=1S/C23H12ClF5N4O2S.C22H10ClF5N4O2S.CH3I/c1-34-16-10-36-22(31-16)18-19(17-14(24)6-3-7-15(17)26)32-35-20(18)13-9-30-33(21(13)23(27,28)29)12-5-2-4-11(25)8-12;23-13-5-2-6-14(25)16(13)18-17(21-30-15(33)9-35-21)19(34-31-18)12-8-29-32(20(12)22(26,27)28)11-4-1-3-10(24)7-11;1-2/h2-10H,1H3;1-9,33H;1H3. The number of hydrogen-bond donors (Lipinski definition) is 1. The van der Waals surface area contributed by atoms with Gasteiger partial charge in [-0.05, 0) is 65.6 Å². The number of rotatable bonds is 9. The molecule has 0 saturated heterocycles. The maximum Gasteiger partial charge on any atom is 0.434 e.